The lowest BCUT2D eigenvalue weighted by atomic mass is 10.1. The molecule has 0 bridgehead atoms. The lowest BCUT2D eigenvalue weighted by molar-refractivity contribution is -0.138. The van der Waals surface area contributed by atoms with Crippen LogP contribution in [0.1, 0.15) is 35.8 Å². The van der Waals surface area contributed by atoms with Gasteiger partial charge in [0.25, 0.3) is 11.5 Å². The fraction of sp³-hybridized carbons (Fsp3) is 0.308. The molecule has 5 aromatic heterocycles. The highest BCUT2D eigenvalue weighted by molar-refractivity contribution is 5.99. The van der Waals surface area contributed by atoms with Crippen molar-refractivity contribution in [3.8, 4) is 11.3 Å². The molecule has 216 valence electrons. The van der Waals surface area contributed by atoms with Gasteiger partial charge in [0.05, 0.1) is 17.6 Å². The smallest absolute Gasteiger partial charge is 0.337 e. The number of halogens is 3. The van der Waals surface area contributed by atoms with Crippen LogP contribution in [0.2, 0.25) is 0 Å². The van der Waals surface area contributed by atoms with E-state index in [-0.39, 0.29) is 46.4 Å². The summed E-state index contributed by atoms with van der Waals surface area (Å²) < 4.78 is 48.9. The number of aryl methyl sites for hydroxylation is 3. The van der Waals surface area contributed by atoms with Crippen molar-refractivity contribution >= 4 is 22.9 Å². The summed E-state index contributed by atoms with van der Waals surface area (Å²) in [5.41, 5.74) is -3.14. The standard InChI is InChI=1S/C26H22F3N9O4/c1-13-16(26(27,28)29)9-15(10-30-13)17-5-4-6-18(33-17)34-23(40)25(7-8-25)38-12-31-21-20(38)22(39)37(24(41)36(21)3)11-19-32-14(2)35-42-19/h4-6,9-10,12H,7-8,11H2,1-3H3,(H,33,34,40). The molecule has 1 aliphatic carbocycles. The van der Waals surface area contributed by atoms with Crippen molar-refractivity contribution in [3.63, 3.8) is 0 Å². The van der Waals surface area contributed by atoms with E-state index in [4.69, 9.17) is 4.52 Å². The van der Waals surface area contributed by atoms with Crippen molar-refractivity contribution in [1.29, 1.82) is 0 Å². The van der Waals surface area contributed by atoms with E-state index >= 15 is 0 Å². The molecular weight excluding hydrogens is 559 g/mol. The van der Waals surface area contributed by atoms with Gasteiger partial charge in [-0.2, -0.15) is 18.2 Å². The van der Waals surface area contributed by atoms with Crippen LogP contribution >= 0.6 is 0 Å². The number of amides is 1. The van der Waals surface area contributed by atoms with Crippen LogP contribution in [0.5, 0.6) is 0 Å². The topological polar surface area (TPSA) is 156 Å². The largest absolute Gasteiger partial charge is 0.418 e. The number of hydrogen-bond acceptors (Lipinski definition) is 9. The summed E-state index contributed by atoms with van der Waals surface area (Å²) in [4.78, 5) is 56.6. The number of imidazole rings is 1. The van der Waals surface area contributed by atoms with E-state index in [0.29, 0.717) is 18.7 Å². The van der Waals surface area contributed by atoms with Crippen molar-refractivity contribution in [1.82, 2.24) is 38.8 Å². The van der Waals surface area contributed by atoms with Crippen molar-refractivity contribution in [2.45, 2.75) is 44.9 Å². The normalized spacial score (nSPS) is 14.3. The maximum Gasteiger partial charge on any atom is 0.418 e. The minimum absolute atomic E-state index is 0.0353. The monoisotopic (exact) mass is 581 g/mol. The maximum atomic E-state index is 13.6. The molecule has 6 rings (SSSR count). The van der Waals surface area contributed by atoms with Crippen LogP contribution in [0, 0.1) is 13.8 Å². The molecule has 0 radical (unpaired) electrons. The molecule has 0 aliphatic heterocycles. The van der Waals surface area contributed by atoms with Crippen LogP contribution in [0.3, 0.4) is 0 Å². The zero-order valence-corrected chi connectivity index (χ0v) is 22.4. The minimum Gasteiger partial charge on any atom is -0.337 e. The molecule has 0 unspecified atom stereocenters. The maximum absolute atomic E-state index is 13.6. The molecule has 0 atom stereocenters. The fourth-order valence-corrected chi connectivity index (χ4v) is 4.83. The van der Waals surface area contributed by atoms with Crippen LogP contribution < -0.4 is 16.6 Å². The molecule has 0 saturated heterocycles. The van der Waals surface area contributed by atoms with Gasteiger partial charge in [-0.3, -0.25) is 19.1 Å². The number of nitrogens with zero attached hydrogens (tertiary/aromatic N) is 8. The SMILES string of the molecule is Cc1noc(Cn2c(=O)c3c(ncn3C3(C(=O)Nc4cccc(-c5cnc(C)c(C(F)(F)F)c5)n4)CC3)n(C)c2=O)n1. The van der Waals surface area contributed by atoms with Gasteiger partial charge in [-0.15, -0.1) is 0 Å². The summed E-state index contributed by atoms with van der Waals surface area (Å²) in [5, 5.41) is 6.40. The van der Waals surface area contributed by atoms with Crippen LogP contribution in [0.4, 0.5) is 19.0 Å². The Labute approximate surface area is 233 Å². The second kappa shape index (κ2) is 9.46. The van der Waals surface area contributed by atoms with Crippen molar-refractivity contribution in [3.05, 3.63) is 80.6 Å². The van der Waals surface area contributed by atoms with E-state index in [9.17, 15) is 27.6 Å². The Morgan fingerprint density at radius 1 is 1.14 bits per heavy atom. The van der Waals surface area contributed by atoms with Crippen LogP contribution in [-0.4, -0.2) is 44.7 Å². The third-order valence-electron chi connectivity index (χ3n) is 7.18. The van der Waals surface area contributed by atoms with Crippen LogP contribution in [0.25, 0.3) is 22.4 Å². The zero-order valence-electron chi connectivity index (χ0n) is 22.4. The molecule has 1 fully saturated rings. The highest BCUT2D eigenvalue weighted by atomic mass is 19.4. The number of fused-ring (bicyclic) bond motifs is 1. The van der Waals surface area contributed by atoms with Gasteiger partial charge < -0.3 is 14.4 Å². The van der Waals surface area contributed by atoms with Crippen LogP contribution in [0.15, 0.2) is 50.9 Å². The minimum atomic E-state index is -4.59. The Morgan fingerprint density at radius 3 is 2.57 bits per heavy atom. The Balaban J connectivity index is 1.34. The van der Waals surface area contributed by atoms with Gasteiger partial charge in [-0.05, 0) is 44.9 Å². The number of anilines is 1. The number of hydrogen-bond donors (Lipinski definition) is 1. The molecule has 0 spiro atoms. The van der Waals surface area contributed by atoms with Gasteiger partial charge in [0.15, 0.2) is 17.0 Å². The summed E-state index contributed by atoms with van der Waals surface area (Å²) in [6, 6.07) is 5.51. The van der Waals surface area contributed by atoms with Gasteiger partial charge in [-0.25, -0.2) is 19.3 Å². The lowest BCUT2D eigenvalue weighted by Gasteiger charge is -2.18. The average Bonchev–Trinajstić information content (AvgIpc) is 3.45. The fourth-order valence-electron chi connectivity index (χ4n) is 4.83. The quantitative estimate of drug-likeness (QED) is 0.318. The summed E-state index contributed by atoms with van der Waals surface area (Å²) in [5.74, 6) is -0.00418. The Hall–Kier alpha value is -5.15. The highest BCUT2D eigenvalue weighted by Gasteiger charge is 2.53. The van der Waals surface area contributed by atoms with Crippen LogP contribution in [-0.2, 0) is 30.1 Å². The highest BCUT2D eigenvalue weighted by Crippen LogP contribution is 2.45. The van der Waals surface area contributed by atoms with Gasteiger partial charge >= 0.3 is 11.9 Å². The number of aromatic nitrogens is 8. The Morgan fingerprint density at radius 2 is 1.90 bits per heavy atom. The third-order valence-corrected chi connectivity index (χ3v) is 7.18. The van der Waals surface area contributed by atoms with E-state index in [1.54, 1.807) is 13.0 Å². The first-order valence-corrected chi connectivity index (χ1v) is 12.7. The molecule has 5 aromatic rings. The predicted octanol–water partition coefficient (Wildman–Crippen LogP) is 2.55. The van der Waals surface area contributed by atoms with Crippen molar-refractivity contribution in [2.75, 3.05) is 5.32 Å². The third kappa shape index (κ3) is 4.44. The molecule has 42 heavy (non-hydrogen) atoms. The molecule has 16 heteroatoms. The second-order valence-electron chi connectivity index (χ2n) is 10.0. The summed E-state index contributed by atoms with van der Waals surface area (Å²) in [6.07, 6.45) is -1.24. The molecule has 1 saturated carbocycles. The molecule has 1 N–H and O–H groups in total. The van der Waals surface area contributed by atoms with Crippen molar-refractivity contribution < 1.29 is 22.5 Å². The summed E-state index contributed by atoms with van der Waals surface area (Å²) in [7, 11) is 1.45. The number of nitrogens with one attached hydrogen (secondary N) is 1. The van der Waals surface area contributed by atoms with Gasteiger partial charge in [0, 0.05) is 24.5 Å². The second-order valence-corrected chi connectivity index (χ2v) is 10.0. The molecule has 0 aromatic carbocycles. The Bertz CT molecular complexity index is 2000. The van der Waals surface area contributed by atoms with E-state index in [0.717, 1.165) is 10.6 Å². The number of rotatable bonds is 6. The molecule has 5 heterocycles. The van der Waals surface area contributed by atoms with E-state index in [1.807, 2.05) is 0 Å². The number of carbonyl (C=O) groups is 1. The lowest BCUT2D eigenvalue weighted by Crippen LogP contribution is -2.41. The molecular formula is C26H22F3N9O4. The van der Waals surface area contributed by atoms with Gasteiger partial charge in [0.2, 0.25) is 5.89 Å². The zero-order chi connectivity index (χ0) is 30.0. The van der Waals surface area contributed by atoms with E-state index < -0.39 is 34.4 Å². The van der Waals surface area contributed by atoms with Gasteiger partial charge in [0.1, 0.15) is 17.9 Å². The first kappa shape index (κ1) is 27.0. The average molecular weight is 582 g/mol. The van der Waals surface area contributed by atoms with E-state index in [1.165, 1.54) is 47.8 Å². The summed E-state index contributed by atoms with van der Waals surface area (Å²) in [6.45, 7) is 2.60. The molecule has 1 amide bonds. The molecule has 13 nitrogen and oxygen atoms in total. The first-order chi connectivity index (χ1) is 19.9. The number of alkyl halides is 3. The summed E-state index contributed by atoms with van der Waals surface area (Å²) >= 11 is 0. The van der Waals surface area contributed by atoms with Crippen molar-refractivity contribution in [2.24, 2.45) is 7.05 Å². The predicted molar refractivity (Wildman–Crippen MR) is 140 cm³/mol. The first-order valence-electron chi connectivity index (χ1n) is 12.7. The number of carbonyl (C=O) groups excluding carboxylic acids is 1. The van der Waals surface area contributed by atoms with E-state index in [2.05, 4.69) is 30.4 Å². The number of pyridine rings is 2. The van der Waals surface area contributed by atoms with Gasteiger partial charge in [-0.1, -0.05) is 11.2 Å². The molecule has 1 aliphatic rings. The Kier molecular flexibility index (Phi) is 6.09.